The van der Waals surface area contributed by atoms with Crippen molar-refractivity contribution in [3.8, 4) is 0 Å². The number of ketones is 8. The van der Waals surface area contributed by atoms with Crippen LogP contribution in [0.2, 0.25) is 0 Å². The first kappa shape index (κ1) is 53.7. The van der Waals surface area contributed by atoms with Gasteiger partial charge in [0.05, 0.1) is 82.7 Å². The van der Waals surface area contributed by atoms with Crippen molar-refractivity contribution in [2.75, 3.05) is 45.9 Å². The van der Waals surface area contributed by atoms with Crippen LogP contribution in [0.15, 0.2) is 60.7 Å². The summed E-state index contributed by atoms with van der Waals surface area (Å²) in [6.07, 6.45) is -4.69. The molecule has 2 aromatic rings. The third kappa shape index (κ3) is 21.3. The number of rotatable bonds is 8. The fraction of sp³-hybridized carbons (Fsp3) is 0.565. The van der Waals surface area contributed by atoms with E-state index in [1.54, 1.807) is 12.1 Å². The topological polar surface area (TPSA) is 233 Å². The number of hydrogen-bond acceptors (Lipinski definition) is 16. The van der Waals surface area contributed by atoms with E-state index in [0.29, 0.717) is 0 Å². The number of hydrogen-bond donors (Lipinski definition) is 8. The second kappa shape index (κ2) is 29.0. The molecule has 0 saturated carbocycles. The molecule has 8 N–H and O–H groups in total. The predicted molar refractivity (Wildman–Crippen MR) is 237 cm³/mol. The van der Waals surface area contributed by atoms with Gasteiger partial charge in [-0.3, -0.25) is 59.6 Å². The Morgan fingerprint density at radius 3 is 1.48 bits per heavy atom. The highest BCUT2D eigenvalue weighted by molar-refractivity contribution is 6.40. The summed E-state index contributed by atoms with van der Waals surface area (Å²) in [4.78, 5) is 105. The molecule has 1 heterocycles. The van der Waals surface area contributed by atoms with Gasteiger partial charge >= 0.3 is 0 Å². The molecule has 2 aromatic carbocycles. The summed E-state index contributed by atoms with van der Waals surface area (Å²) in [5.74, 6) is -4.76. The summed E-state index contributed by atoms with van der Waals surface area (Å²) >= 11 is 0. The van der Waals surface area contributed by atoms with Gasteiger partial charge in [-0.1, -0.05) is 88.4 Å². The van der Waals surface area contributed by atoms with Crippen LogP contribution in [0.25, 0.3) is 0 Å². The van der Waals surface area contributed by atoms with Crippen LogP contribution in [-0.2, 0) is 51.2 Å². The molecule has 1 saturated heterocycles. The number of hydrazine groups is 1. The summed E-state index contributed by atoms with van der Waals surface area (Å²) in [5, 5.41) is 16.2. The van der Waals surface area contributed by atoms with E-state index in [0.717, 1.165) is 11.1 Å². The van der Waals surface area contributed by atoms with Crippen LogP contribution in [0.3, 0.4) is 0 Å². The van der Waals surface area contributed by atoms with E-state index in [4.69, 9.17) is 0 Å². The van der Waals surface area contributed by atoms with Gasteiger partial charge in [0.25, 0.3) is 0 Å². The van der Waals surface area contributed by atoms with E-state index in [2.05, 4.69) is 42.8 Å². The fourth-order valence-electron chi connectivity index (χ4n) is 6.92. The van der Waals surface area contributed by atoms with E-state index >= 15 is 0 Å². The highest BCUT2D eigenvalue weighted by Crippen LogP contribution is 2.11. The van der Waals surface area contributed by atoms with Gasteiger partial charge in [0.2, 0.25) is 11.6 Å². The molecule has 0 aromatic heterocycles. The maximum Gasteiger partial charge on any atom is 0.216 e. The Morgan fingerprint density at radius 2 is 0.953 bits per heavy atom. The van der Waals surface area contributed by atoms with E-state index in [9.17, 15) is 47.1 Å². The molecule has 1 fully saturated rings. The molecular formula is C46H66F2N8O8. The monoisotopic (exact) mass is 896 g/mol. The average molecular weight is 897 g/mol. The van der Waals surface area contributed by atoms with Crippen molar-refractivity contribution in [1.82, 2.24) is 42.8 Å². The quantitative estimate of drug-likeness (QED) is 0.105. The smallest absolute Gasteiger partial charge is 0.216 e. The molecule has 0 bridgehead atoms. The molecule has 1 aliphatic rings. The van der Waals surface area contributed by atoms with Crippen molar-refractivity contribution >= 4 is 46.3 Å². The SMILES string of the molecule is CC(C)C[C@@H]1NN[C@@H](Cc2ccccc2)C(=O)CNCC(=O)CC(F)NCC(=O)C(=O)[C@H](CC(C)C)NCN[C@@H](Cc2ccccc2)C(=O)CNCC(=O)CC(F)NCC(=O)CC1=O. The Balaban J connectivity index is 1.77. The second-order valence-electron chi connectivity index (χ2n) is 17.0. The number of carbonyl (C=O) groups is 8. The molecule has 16 nitrogen and oxygen atoms in total. The van der Waals surface area contributed by atoms with Crippen molar-refractivity contribution in [1.29, 1.82) is 0 Å². The molecule has 0 spiro atoms. The zero-order valence-electron chi connectivity index (χ0n) is 37.3. The van der Waals surface area contributed by atoms with Crippen molar-refractivity contribution < 1.29 is 47.1 Å². The highest BCUT2D eigenvalue weighted by Gasteiger charge is 2.29. The molecular weight excluding hydrogens is 831 g/mol. The van der Waals surface area contributed by atoms with Gasteiger partial charge in [0.1, 0.15) is 0 Å². The number of benzene rings is 2. The standard InChI is InChI=1S/C46H66F2N8O8/c1-29(2)15-37-40(60)19-33(57)24-51-44(47)20-34(58)22-49-25-41(61)36(17-31-11-7-5-8-12-31)53-28-54-39(16-30(3)4)46(64)43(63)27-52-45(48)21-35(59)23-50-26-42(62)38(56-55-37)18-32-13-9-6-10-14-32/h5-14,29-30,36-39,44-45,49-56H,15-28H2,1-4H3/t36-,37-,38-,39-,44?,45?/m0/s1. The molecule has 6 atom stereocenters. The Kier molecular flexibility index (Phi) is 24.3. The molecule has 64 heavy (non-hydrogen) atoms. The van der Waals surface area contributed by atoms with Crippen molar-refractivity contribution in [3.63, 3.8) is 0 Å². The number of alkyl halides is 2. The molecule has 1 aliphatic heterocycles. The van der Waals surface area contributed by atoms with E-state index < -0.39 is 104 Å². The summed E-state index contributed by atoms with van der Waals surface area (Å²) in [6.45, 7) is 4.93. The van der Waals surface area contributed by atoms with Crippen LogP contribution in [0, 0.1) is 11.8 Å². The van der Waals surface area contributed by atoms with Crippen LogP contribution in [0.5, 0.6) is 0 Å². The second-order valence-corrected chi connectivity index (χ2v) is 17.0. The average Bonchev–Trinajstić information content (AvgIpc) is 3.24. The van der Waals surface area contributed by atoms with Crippen LogP contribution in [0.1, 0.15) is 70.9 Å². The third-order valence-corrected chi connectivity index (χ3v) is 10.3. The molecule has 3 rings (SSSR count). The third-order valence-electron chi connectivity index (χ3n) is 10.3. The Morgan fingerprint density at radius 1 is 0.500 bits per heavy atom. The molecule has 0 amide bonds. The van der Waals surface area contributed by atoms with Gasteiger partial charge in [0, 0.05) is 6.67 Å². The number of Topliss-reactive ketones (excluding diaryl/α,β-unsaturated/α-hetero) is 8. The van der Waals surface area contributed by atoms with Gasteiger partial charge in [-0.2, -0.15) is 0 Å². The van der Waals surface area contributed by atoms with Crippen LogP contribution < -0.4 is 42.8 Å². The largest absolute Gasteiger partial charge is 0.303 e. The minimum absolute atomic E-state index is 0.00779. The van der Waals surface area contributed by atoms with E-state index in [1.807, 2.05) is 76.2 Å². The van der Waals surface area contributed by atoms with Crippen LogP contribution in [0.4, 0.5) is 8.78 Å². The molecule has 0 aliphatic carbocycles. The zero-order chi connectivity index (χ0) is 47.0. The summed E-state index contributed by atoms with van der Waals surface area (Å²) in [5.41, 5.74) is 7.48. The Bertz CT molecular complexity index is 1840. The van der Waals surface area contributed by atoms with Gasteiger partial charge in [0.15, 0.2) is 47.3 Å². The number of nitrogens with one attached hydrogen (secondary N) is 8. The molecule has 2 unspecified atom stereocenters. The maximum absolute atomic E-state index is 14.9. The van der Waals surface area contributed by atoms with Crippen LogP contribution >= 0.6 is 0 Å². The van der Waals surface area contributed by atoms with Gasteiger partial charge in [-0.15, -0.1) is 0 Å². The minimum Gasteiger partial charge on any atom is -0.303 e. The summed E-state index contributed by atoms with van der Waals surface area (Å²) in [7, 11) is 0. The lowest BCUT2D eigenvalue weighted by atomic mass is 9.97. The van der Waals surface area contributed by atoms with Gasteiger partial charge in [-0.25, -0.2) is 19.6 Å². The first-order chi connectivity index (χ1) is 30.5. The Labute approximate surface area is 374 Å². The molecule has 18 heteroatoms. The normalized spacial score (nSPS) is 25.3. The van der Waals surface area contributed by atoms with Crippen molar-refractivity contribution in [3.05, 3.63) is 71.8 Å². The van der Waals surface area contributed by atoms with E-state index in [-0.39, 0.29) is 81.9 Å². The summed E-state index contributed by atoms with van der Waals surface area (Å²) in [6, 6.07) is 14.6. The molecule has 352 valence electrons. The van der Waals surface area contributed by atoms with Gasteiger partial charge < -0.3 is 10.6 Å². The maximum atomic E-state index is 14.9. The molecule has 0 radical (unpaired) electrons. The lowest BCUT2D eigenvalue weighted by molar-refractivity contribution is -0.137. The van der Waals surface area contributed by atoms with E-state index in [1.165, 1.54) is 0 Å². The van der Waals surface area contributed by atoms with Crippen molar-refractivity contribution in [2.24, 2.45) is 11.8 Å². The number of carbonyl (C=O) groups excluding carboxylic acids is 8. The first-order valence-electron chi connectivity index (χ1n) is 21.9. The predicted octanol–water partition coefficient (Wildman–Crippen LogP) is 0.956. The highest BCUT2D eigenvalue weighted by atomic mass is 19.1. The fourth-order valence-corrected chi connectivity index (χ4v) is 6.92. The lowest BCUT2D eigenvalue weighted by Crippen LogP contribution is -2.55. The lowest BCUT2D eigenvalue weighted by Gasteiger charge is -2.24. The van der Waals surface area contributed by atoms with Gasteiger partial charge in [-0.05, 0) is 48.6 Å². The number of halogens is 2. The minimum atomic E-state index is -1.96. The Hall–Kier alpha value is -4.66. The zero-order valence-corrected chi connectivity index (χ0v) is 37.3. The first-order valence-corrected chi connectivity index (χ1v) is 21.9. The van der Waals surface area contributed by atoms with Crippen LogP contribution in [-0.4, -0.2) is 129 Å². The summed E-state index contributed by atoms with van der Waals surface area (Å²) < 4.78 is 29.8. The van der Waals surface area contributed by atoms with Crippen molar-refractivity contribution in [2.45, 2.75) is 109 Å².